The van der Waals surface area contributed by atoms with Gasteiger partial charge in [-0.15, -0.1) is 0 Å². The van der Waals surface area contributed by atoms with Crippen LogP contribution < -0.4 is 5.32 Å². The summed E-state index contributed by atoms with van der Waals surface area (Å²) in [4.78, 5) is 25.2. The van der Waals surface area contributed by atoms with Gasteiger partial charge in [0.15, 0.2) is 0 Å². The summed E-state index contributed by atoms with van der Waals surface area (Å²) in [5.41, 5.74) is 0.657. The third-order valence-corrected chi connectivity index (χ3v) is 3.56. The van der Waals surface area contributed by atoms with Crippen molar-refractivity contribution in [2.75, 3.05) is 31.6 Å². The lowest BCUT2D eigenvalue weighted by Gasteiger charge is -2.26. The Morgan fingerprint density at radius 3 is 2.56 bits per heavy atom. The summed E-state index contributed by atoms with van der Waals surface area (Å²) in [5.74, 6) is -1.10. The molecule has 1 heterocycles. The van der Waals surface area contributed by atoms with Crippen molar-refractivity contribution in [3.63, 3.8) is 0 Å². The first-order chi connectivity index (χ1) is 8.68. The van der Waals surface area contributed by atoms with Gasteiger partial charge in [-0.2, -0.15) is 0 Å². The number of morpholine rings is 1. The number of nitrogens with one attached hydrogen (secondary N) is 1. The van der Waals surface area contributed by atoms with E-state index in [0.29, 0.717) is 32.0 Å². The summed E-state index contributed by atoms with van der Waals surface area (Å²) in [5, 5.41) is 2.63. The lowest BCUT2D eigenvalue weighted by molar-refractivity contribution is -0.145. The molecule has 1 saturated heterocycles. The molecule has 2 rings (SSSR count). The van der Waals surface area contributed by atoms with Crippen molar-refractivity contribution in [1.82, 2.24) is 4.90 Å². The highest BCUT2D eigenvalue weighted by Gasteiger charge is 2.23. The molecule has 0 radical (unpaired) electrons. The zero-order chi connectivity index (χ0) is 13.0. The summed E-state index contributed by atoms with van der Waals surface area (Å²) in [6, 6.07) is 7.33. The number of amides is 2. The van der Waals surface area contributed by atoms with E-state index in [9.17, 15) is 9.59 Å². The zero-order valence-electron chi connectivity index (χ0n) is 9.69. The average Bonchev–Trinajstić information content (AvgIpc) is 2.41. The number of nitrogens with zero attached hydrogens (tertiary/aromatic N) is 1. The van der Waals surface area contributed by atoms with Gasteiger partial charge in [-0.05, 0) is 34.7 Å². The maximum absolute atomic E-state index is 11.9. The summed E-state index contributed by atoms with van der Waals surface area (Å²) in [6.45, 7) is 1.92. The molecule has 0 bridgehead atoms. The molecule has 1 aliphatic heterocycles. The van der Waals surface area contributed by atoms with Crippen molar-refractivity contribution in [3.8, 4) is 0 Å². The third kappa shape index (κ3) is 3.20. The van der Waals surface area contributed by atoms with Crippen molar-refractivity contribution in [2.24, 2.45) is 0 Å². The highest BCUT2D eigenvalue weighted by Crippen LogP contribution is 2.16. The van der Waals surface area contributed by atoms with Crippen molar-refractivity contribution in [3.05, 3.63) is 27.8 Å². The van der Waals surface area contributed by atoms with Gasteiger partial charge in [0.1, 0.15) is 0 Å². The van der Waals surface area contributed by atoms with E-state index in [-0.39, 0.29) is 0 Å². The number of rotatable bonds is 1. The van der Waals surface area contributed by atoms with Gasteiger partial charge in [0, 0.05) is 16.7 Å². The summed E-state index contributed by atoms with van der Waals surface area (Å²) in [7, 11) is 0. The van der Waals surface area contributed by atoms with Crippen LogP contribution in [0.2, 0.25) is 0 Å². The Kier molecular flexibility index (Phi) is 4.54. The van der Waals surface area contributed by atoms with E-state index in [4.69, 9.17) is 4.74 Å². The predicted octanol–water partition coefficient (Wildman–Crippen LogP) is 1.09. The highest BCUT2D eigenvalue weighted by molar-refractivity contribution is 14.1. The Bertz CT molecular complexity index is 458. The first kappa shape index (κ1) is 13.3. The summed E-state index contributed by atoms with van der Waals surface area (Å²) >= 11 is 2.11. The predicted molar refractivity (Wildman–Crippen MR) is 75.2 cm³/mol. The number of ether oxygens (including phenoxy) is 1. The fraction of sp³-hybridized carbons (Fsp3) is 0.333. The second-order valence-electron chi connectivity index (χ2n) is 3.84. The SMILES string of the molecule is O=C(Nc1ccccc1I)C(=O)N1CCOCC1. The molecule has 0 spiro atoms. The van der Waals surface area contributed by atoms with Gasteiger partial charge in [0.25, 0.3) is 0 Å². The molecule has 96 valence electrons. The number of benzene rings is 1. The second kappa shape index (κ2) is 6.14. The Balaban J connectivity index is 1.99. The number of carbonyl (C=O) groups is 2. The molecule has 6 heteroatoms. The minimum atomic E-state index is -0.596. The van der Waals surface area contributed by atoms with Crippen LogP contribution in [0, 0.1) is 3.57 Å². The molecule has 1 aliphatic rings. The molecule has 0 saturated carbocycles. The van der Waals surface area contributed by atoms with Gasteiger partial charge >= 0.3 is 11.8 Å². The molecule has 0 unspecified atom stereocenters. The quantitative estimate of drug-likeness (QED) is 0.603. The fourth-order valence-electron chi connectivity index (χ4n) is 1.65. The molecular weight excluding hydrogens is 347 g/mol. The number of para-hydroxylation sites is 1. The van der Waals surface area contributed by atoms with Gasteiger partial charge in [-0.25, -0.2) is 0 Å². The second-order valence-corrected chi connectivity index (χ2v) is 5.00. The molecule has 1 aromatic rings. The van der Waals surface area contributed by atoms with E-state index >= 15 is 0 Å². The number of anilines is 1. The van der Waals surface area contributed by atoms with E-state index in [1.165, 1.54) is 4.90 Å². The molecule has 2 amide bonds. The van der Waals surface area contributed by atoms with Gasteiger partial charge < -0.3 is 15.0 Å². The maximum Gasteiger partial charge on any atom is 0.313 e. The number of halogens is 1. The number of carbonyl (C=O) groups excluding carboxylic acids is 2. The van der Waals surface area contributed by atoms with Crippen LogP contribution in [-0.2, 0) is 14.3 Å². The van der Waals surface area contributed by atoms with E-state index in [1.807, 2.05) is 18.2 Å². The van der Waals surface area contributed by atoms with Crippen LogP contribution >= 0.6 is 22.6 Å². The van der Waals surface area contributed by atoms with Crippen LogP contribution in [0.4, 0.5) is 5.69 Å². The largest absolute Gasteiger partial charge is 0.378 e. The van der Waals surface area contributed by atoms with Crippen molar-refractivity contribution in [1.29, 1.82) is 0 Å². The van der Waals surface area contributed by atoms with Crippen LogP contribution in [0.15, 0.2) is 24.3 Å². The zero-order valence-corrected chi connectivity index (χ0v) is 11.8. The topological polar surface area (TPSA) is 58.6 Å². The maximum atomic E-state index is 11.9. The Morgan fingerprint density at radius 1 is 1.22 bits per heavy atom. The molecule has 0 atom stereocenters. The van der Waals surface area contributed by atoms with E-state index in [1.54, 1.807) is 6.07 Å². The number of hydrogen-bond donors (Lipinski definition) is 1. The lowest BCUT2D eigenvalue weighted by atomic mass is 10.3. The minimum absolute atomic E-state index is 0.470. The van der Waals surface area contributed by atoms with Crippen LogP contribution in [0.25, 0.3) is 0 Å². The average molecular weight is 360 g/mol. The van der Waals surface area contributed by atoms with Crippen LogP contribution in [-0.4, -0.2) is 43.0 Å². The Morgan fingerprint density at radius 2 is 1.89 bits per heavy atom. The van der Waals surface area contributed by atoms with Crippen LogP contribution in [0.3, 0.4) is 0 Å². The summed E-state index contributed by atoms with van der Waals surface area (Å²) < 4.78 is 6.04. The minimum Gasteiger partial charge on any atom is -0.378 e. The van der Waals surface area contributed by atoms with Crippen molar-refractivity contribution >= 4 is 40.1 Å². The van der Waals surface area contributed by atoms with Gasteiger partial charge in [0.2, 0.25) is 0 Å². The normalized spacial score (nSPS) is 15.3. The molecule has 0 aliphatic carbocycles. The Labute approximate surface area is 119 Å². The standard InChI is InChI=1S/C12H13IN2O3/c13-9-3-1-2-4-10(9)14-11(16)12(17)15-5-7-18-8-6-15/h1-4H,5-8H2,(H,14,16). The lowest BCUT2D eigenvalue weighted by Crippen LogP contribution is -2.45. The van der Waals surface area contributed by atoms with Crippen molar-refractivity contribution in [2.45, 2.75) is 0 Å². The molecule has 1 N–H and O–H groups in total. The monoisotopic (exact) mass is 360 g/mol. The van der Waals surface area contributed by atoms with Gasteiger partial charge in [-0.3, -0.25) is 9.59 Å². The van der Waals surface area contributed by atoms with Crippen molar-refractivity contribution < 1.29 is 14.3 Å². The fourth-order valence-corrected chi connectivity index (χ4v) is 2.17. The summed E-state index contributed by atoms with van der Waals surface area (Å²) in [6.07, 6.45) is 0. The first-order valence-electron chi connectivity index (χ1n) is 5.61. The van der Waals surface area contributed by atoms with E-state index < -0.39 is 11.8 Å². The molecular formula is C12H13IN2O3. The van der Waals surface area contributed by atoms with Crippen LogP contribution in [0.1, 0.15) is 0 Å². The first-order valence-corrected chi connectivity index (χ1v) is 6.69. The number of hydrogen-bond acceptors (Lipinski definition) is 3. The van der Waals surface area contributed by atoms with Gasteiger partial charge in [0.05, 0.1) is 18.9 Å². The third-order valence-electron chi connectivity index (χ3n) is 2.61. The molecule has 0 aromatic heterocycles. The molecule has 1 aromatic carbocycles. The molecule has 5 nitrogen and oxygen atoms in total. The highest BCUT2D eigenvalue weighted by atomic mass is 127. The smallest absolute Gasteiger partial charge is 0.313 e. The molecule has 1 fully saturated rings. The van der Waals surface area contributed by atoms with Gasteiger partial charge in [-0.1, -0.05) is 12.1 Å². The molecule has 18 heavy (non-hydrogen) atoms. The van der Waals surface area contributed by atoms with E-state index in [2.05, 4.69) is 27.9 Å². The van der Waals surface area contributed by atoms with Crippen LogP contribution in [0.5, 0.6) is 0 Å². The Hall–Kier alpha value is -1.15. The van der Waals surface area contributed by atoms with E-state index in [0.717, 1.165) is 3.57 Å².